The molecule has 0 saturated heterocycles. The van der Waals surface area contributed by atoms with E-state index in [2.05, 4.69) is 21.0 Å². The van der Waals surface area contributed by atoms with Gasteiger partial charge in [0, 0.05) is 18.2 Å². The first-order chi connectivity index (χ1) is 9.01. The van der Waals surface area contributed by atoms with Gasteiger partial charge < -0.3 is 15.2 Å². The van der Waals surface area contributed by atoms with Crippen molar-refractivity contribution in [1.82, 2.24) is 9.78 Å². The summed E-state index contributed by atoms with van der Waals surface area (Å²) in [5.41, 5.74) is 8.83. The van der Waals surface area contributed by atoms with E-state index in [1.54, 1.807) is 25.1 Å². The van der Waals surface area contributed by atoms with Crippen LogP contribution in [-0.4, -0.2) is 24.0 Å². The second-order valence-corrected chi connectivity index (χ2v) is 5.02. The third kappa shape index (κ3) is 2.16. The predicted octanol–water partition coefficient (Wildman–Crippen LogP) is 2.76. The normalized spacial score (nSPS) is 10.6. The lowest BCUT2D eigenvalue weighted by molar-refractivity contribution is 0.351. The number of nitrogens with two attached hydrogens (primary N) is 1. The SMILES string of the molecule is COc1c(Br)cc(-c2cnn(C)c2N)c(C)c1OC. The number of aryl methyl sites for hydroxylation is 1. The largest absolute Gasteiger partial charge is 0.493 e. The number of nitrogen functional groups attached to an aromatic ring is 1. The van der Waals surface area contributed by atoms with E-state index >= 15 is 0 Å². The summed E-state index contributed by atoms with van der Waals surface area (Å²) in [4.78, 5) is 0. The molecule has 1 aromatic carbocycles. The molecule has 19 heavy (non-hydrogen) atoms. The van der Waals surface area contributed by atoms with Crippen molar-refractivity contribution in [2.45, 2.75) is 6.92 Å². The van der Waals surface area contributed by atoms with E-state index < -0.39 is 0 Å². The van der Waals surface area contributed by atoms with Gasteiger partial charge in [0.05, 0.1) is 24.9 Å². The van der Waals surface area contributed by atoms with Gasteiger partial charge in [0.2, 0.25) is 0 Å². The Kier molecular flexibility index (Phi) is 3.71. The molecule has 1 heterocycles. The molecule has 0 aliphatic rings. The van der Waals surface area contributed by atoms with E-state index in [-0.39, 0.29) is 0 Å². The fraction of sp³-hybridized carbons (Fsp3) is 0.308. The molecular formula is C13H16BrN3O2. The van der Waals surface area contributed by atoms with Crippen LogP contribution in [-0.2, 0) is 7.05 Å². The lowest BCUT2D eigenvalue weighted by Gasteiger charge is -2.16. The van der Waals surface area contributed by atoms with Gasteiger partial charge in [0.25, 0.3) is 0 Å². The standard InChI is InChI=1S/C13H16BrN3O2/c1-7-8(9-6-16-17(2)13(9)15)5-10(14)12(19-4)11(7)18-3/h5-6H,15H2,1-4H3. The minimum absolute atomic E-state index is 0.613. The maximum Gasteiger partial charge on any atom is 0.175 e. The number of ether oxygens (including phenoxy) is 2. The molecule has 0 aliphatic carbocycles. The van der Waals surface area contributed by atoms with Gasteiger partial charge in [-0.1, -0.05) is 0 Å². The van der Waals surface area contributed by atoms with E-state index in [4.69, 9.17) is 15.2 Å². The van der Waals surface area contributed by atoms with Crippen LogP contribution < -0.4 is 15.2 Å². The van der Waals surface area contributed by atoms with E-state index in [9.17, 15) is 0 Å². The highest BCUT2D eigenvalue weighted by atomic mass is 79.9. The zero-order chi connectivity index (χ0) is 14.2. The maximum absolute atomic E-state index is 6.03. The first-order valence-electron chi connectivity index (χ1n) is 5.70. The van der Waals surface area contributed by atoms with Crippen LogP contribution in [0.5, 0.6) is 11.5 Å². The smallest absolute Gasteiger partial charge is 0.175 e. The fourth-order valence-electron chi connectivity index (χ4n) is 2.07. The van der Waals surface area contributed by atoms with Gasteiger partial charge >= 0.3 is 0 Å². The number of nitrogens with zero attached hydrogens (tertiary/aromatic N) is 2. The summed E-state index contributed by atoms with van der Waals surface area (Å²) in [6, 6.07) is 1.96. The van der Waals surface area contributed by atoms with Crippen LogP contribution in [0.25, 0.3) is 11.1 Å². The number of aromatic nitrogens is 2. The third-order valence-electron chi connectivity index (χ3n) is 3.12. The molecule has 0 atom stereocenters. The Morgan fingerprint density at radius 1 is 1.21 bits per heavy atom. The van der Waals surface area contributed by atoms with E-state index in [1.807, 2.05) is 20.0 Å². The van der Waals surface area contributed by atoms with Gasteiger partial charge in [0.15, 0.2) is 11.5 Å². The van der Waals surface area contributed by atoms with Gasteiger partial charge in [-0.2, -0.15) is 5.10 Å². The van der Waals surface area contributed by atoms with Gasteiger partial charge in [-0.25, -0.2) is 0 Å². The molecule has 2 aromatic rings. The Balaban J connectivity index is 2.72. The van der Waals surface area contributed by atoms with Crippen LogP contribution in [0.4, 0.5) is 5.82 Å². The molecule has 2 rings (SSSR count). The summed E-state index contributed by atoms with van der Waals surface area (Å²) in [6.45, 7) is 1.97. The van der Waals surface area contributed by atoms with E-state index in [0.29, 0.717) is 17.3 Å². The van der Waals surface area contributed by atoms with Crippen LogP contribution in [0.1, 0.15) is 5.56 Å². The van der Waals surface area contributed by atoms with Crippen molar-refractivity contribution in [2.75, 3.05) is 20.0 Å². The number of hydrogen-bond donors (Lipinski definition) is 1. The average molecular weight is 326 g/mol. The molecule has 0 unspecified atom stereocenters. The number of halogens is 1. The monoisotopic (exact) mass is 325 g/mol. The van der Waals surface area contributed by atoms with E-state index in [0.717, 1.165) is 21.2 Å². The van der Waals surface area contributed by atoms with Crippen molar-refractivity contribution >= 4 is 21.7 Å². The average Bonchev–Trinajstić information content (AvgIpc) is 2.72. The Labute approximate surface area is 120 Å². The number of methoxy groups -OCH3 is 2. The summed E-state index contributed by atoms with van der Waals surface area (Å²) in [5.74, 6) is 1.98. The number of rotatable bonds is 3. The quantitative estimate of drug-likeness (QED) is 0.942. The Morgan fingerprint density at radius 2 is 1.84 bits per heavy atom. The van der Waals surface area contributed by atoms with Crippen LogP contribution in [0.3, 0.4) is 0 Å². The number of hydrogen-bond acceptors (Lipinski definition) is 4. The molecule has 102 valence electrons. The Hall–Kier alpha value is -1.69. The van der Waals surface area contributed by atoms with Crippen molar-refractivity contribution in [3.8, 4) is 22.6 Å². The first-order valence-corrected chi connectivity index (χ1v) is 6.49. The maximum atomic E-state index is 6.03. The molecule has 0 aliphatic heterocycles. The van der Waals surface area contributed by atoms with Crippen LogP contribution in [0, 0.1) is 6.92 Å². The third-order valence-corrected chi connectivity index (χ3v) is 3.71. The molecule has 0 radical (unpaired) electrons. The summed E-state index contributed by atoms with van der Waals surface area (Å²) in [6.07, 6.45) is 1.75. The highest BCUT2D eigenvalue weighted by Gasteiger charge is 2.19. The summed E-state index contributed by atoms with van der Waals surface area (Å²) in [5, 5.41) is 4.17. The summed E-state index contributed by atoms with van der Waals surface area (Å²) in [7, 11) is 5.04. The molecule has 0 fully saturated rings. The van der Waals surface area contributed by atoms with Crippen LogP contribution in [0.2, 0.25) is 0 Å². The topological polar surface area (TPSA) is 62.3 Å². The van der Waals surface area contributed by atoms with Gasteiger partial charge in [0.1, 0.15) is 5.82 Å². The zero-order valence-corrected chi connectivity index (χ0v) is 12.9. The minimum atomic E-state index is 0.613. The van der Waals surface area contributed by atoms with Gasteiger partial charge in [-0.3, -0.25) is 4.68 Å². The van der Waals surface area contributed by atoms with Crippen LogP contribution >= 0.6 is 15.9 Å². The van der Waals surface area contributed by atoms with Crippen molar-refractivity contribution in [1.29, 1.82) is 0 Å². The molecule has 6 heteroatoms. The first kappa shape index (κ1) is 13.7. The van der Waals surface area contributed by atoms with Crippen molar-refractivity contribution in [3.05, 3.63) is 22.3 Å². The predicted molar refractivity (Wildman–Crippen MR) is 78.6 cm³/mol. The highest BCUT2D eigenvalue weighted by Crippen LogP contribution is 2.44. The van der Waals surface area contributed by atoms with Crippen molar-refractivity contribution in [2.24, 2.45) is 7.05 Å². The molecular weight excluding hydrogens is 310 g/mol. The molecule has 0 saturated carbocycles. The van der Waals surface area contributed by atoms with Crippen molar-refractivity contribution in [3.63, 3.8) is 0 Å². The van der Waals surface area contributed by atoms with Crippen molar-refractivity contribution < 1.29 is 9.47 Å². The zero-order valence-electron chi connectivity index (χ0n) is 11.3. The molecule has 5 nitrogen and oxygen atoms in total. The number of benzene rings is 1. The molecule has 1 aromatic heterocycles. The minimum Gasteiger partial charge on any atom is -0.493 e. The van der Waals surface area contributed by atoms with Crippen LogP contribution in [0.15, 0.2) is 16.7 Å². The molecule has 0 bridgehead atoms. The van der Waals surface area contributed by atoms with Gasteiger partial charge in [-0.15, -0.1) is 0 Å². The Bertz CT molecular complexity index is 623. The summed E-state index contributed by atoms with van der Waals surface area (Å²) < 4.78 is 13.2. The summed E-state index contributed by atoms with van der Waals surface area (Å²) >= 11 is 3.49. The second kappa shape index (κ2) is 5.13. The molecule has 0 amide bonds. The lowest BCUT2D eigenvalue weighted by atomic mass is 10.0. The second-order valence-electron chi connectivity index (χ2n) is 4.16. The lowest BCUT2D eigenvalue weighted by Crippen LogP contribution is -2.00. The highest BCUT2D eigenvalue weighted by molar-refractivity contribution is 9.10. The number of anilines is 1. The fourth-order valence-corrected chi connectivity index (χ4v) is 2.64. The van der Waals surface area contributed by atoms with Gasteiger partial charge in [-0.05, 0) is 34.5 Å². The molecule has 2 N–H and O–H groups in total. The Morgan fingerprint density at radius 3 is 2.32 bits per heavy atom. The molecule has 0 spiro atoms. The van der Waals surface area contributed by atoms with E-state index in [1.165, 1.54) is 0 Å².